The topological polar surface area (TPSA) is 38.9 Å². The van der Waals surface area contributed by atoms with E-state index in [0.29, 0.717) is 0 Å². The number of rotatable bonds is 2. The standard InChI is InChI=1S/C10H11ClN2S/c1-6(12)4-10-8-5-7(11)2-3-9(8)13-14-10/h2-3,5-6H,4,12H2,1H3. The zero-order valence-electron chi connectivity index (χ0n) is 7.83. The van der Waals surface area contributed by atoms with Gasteiger partial charge in [-0.15, -0.1) is 0 Å². The van der Waals surface area contributed by atoms with Gasteiger partial charge >= 0.3 is 0 Å². The van der Waals surface area contributed by atoms with Gasteiger partial charge in [-0.05, 0) is 43.1 Å². The molecule has 2 rings (SSSR count). The van der Waals surface area contributed by atoms with Crippen molar-refractivity contribution < 1.29 is 0 Å². The minimum absolute atomic E-state index is 0.164. The Morgan fingerprint density at radius 3 is 3.07 bits per heavy atom. The zero-order valence-corrected chi connectivity index (χ0v) is 9.40. The van der Waals surface area contributed by atoms with Crippen molar-refractivity contribution >= 4 is 34.0 Å². The molecule has 1 aromatic carbocycles. The minimum atomic E-state index is 0.164. The van der Waals surface area contributed by atoms with Gasteiger partial charge in [0.25, 0.3) is 0 Å². The normalized spacial score (nSPS) is 13.4. The minimum Gasteiger partial charge on any atom is -0.328 e. The lowest BCUT2D eigenvalue weighted by atomic mass is 10.1. The molecule has 1 aromatic heterocycles. The van der Waals surface area contributed by atoms with Crippen LogP contribution in [0.4, 0.5) is 0 Å². The molecular weight excluding hydrogens is 216 g/mol. The van der Waals surface area contributed by atoms with E-state index in [4.69, 9.17) is 17.3 Å². The van der Waals surface area contributed by atoms with Crippen molar-refractivity contribution in [2.24, 2.45) is 5.73 Å². The number of fused-ring (bicyclic) bond motifs is 1. The van der Waals surface area contributed by atoms with E-state index < -0.39 is 0 Å². The van der Waals surface area contributed by atoms with Gasteiger partial charge < -0.3 is 5.73 Å². The molecule has 0 fully saturated rings. The number of nitrogens with zero attached hydrogens (tertiary/aromatic N) is 1. The maximum atomic E-state index is 5.93. The van der Waals surface area contributed by atoms with Crippen LogP contribution in [0.2, 0.25) is 5.02 Å². The molecule has 4 heteroatoms. The predicted molar refractivity (Wildman–Crippen MR) is 62.0 cm³/mol. The lowest BCUT2D eigenvalue weighted by Gasteiger charge is -2.01. The summed E-state index contributed by atoms with van der Waals surface area (Å²) >= 11 is 7.44. The summed E-state index contributed by atoms with van der Waals surface area (Å²) in [5, 5.41) is 1.89. The zero-order chi connectivity index (χ0) is 10.1. The number of benzene rings is 1. The summed E-state index contributed by atoms with van der Waals surface area (Å²) in [6, 6.07) is 5.92. The van der Waals surface area contributed by atoms with E-state index in [1.807, 2.05) is 25.1 Å². The average molecular weight is 227 g/mol. The van der Waals surface area contributed by atoms with Crippen LogP contribution in [-0.2, 0) is 6.42 Å². The van der Waals surface area contributed by atoms with Gasteiger partial charge in [0.2, 0.25) is 0 Å². The molecule has 0 aliphatic carbocycles. The first kappa shape index (κ1) is 9.90. The van der Waals surface area contributed by atoms with Crippen LogP contribution in [0.1, 0.15) is 11.8 Å². The molecule has 1 atom stereocenters. The fourth-order valence-electron chi connectivity index (χ4n) is 1.40. The second kappa shape index (κ2) is 3.85. The summed E-state index contributed by atoms with van der Waals surface area (Å²) in [6.07, 6.45) is 0.863. The highest BCUT2D eigenvalue weighted by molar-refractivity contribution is 7.07. The molecule has 1 heterocycles. The Labute approximate surface area is 91.9 Å². The number of nitrogens with two attached hydrogens (primary N) is 1. The third kappa shape index (κ3) is 1.90. The van der Waals surface area contributed by atoms with Gasteiger partial charge in [0.1, 0.15) is 0 Å². The van der Waals surface area contributed by atoms with Crippen molar-refractivity contribution in [3.05, 3.63) is 28.1 Å². The maximum absolute atomic E-state index is 5.93. The molecule has 0 amide bonds. The van der Waals surface area contributed by atoms with Crippen molar-refractivity contribution in [3.63, 3.8) is 0 Å². The summed E-state index contributed by atoms with van der Waals surface area (Å²) in [5.41, 5.74) is 6.77. The van der Waals surface area contributed by atoms with Gasteiger partial charge in [-0.25, -0.2) is 0 Å². The highest BCUT2D eigenvalue weighted by Gasteiger charge is 2.07. The van der Waals surface area contributed by atoms with E-state index in [1.165, 1.54) is 16.4 Å². The molecule has 0 saturated heterocycles. The van der Waals surface area contributed by atoms with Crippen molar-refractivity contribution in [2.45, 2.75) is 19.4 Å². The van der Waals surface area contributed by atoms with E-state index in [-0.39, 0.29) is 6.04 Å². The Hall–Kier alpha value is -0.640. The van der Waals surface area contributed by atoms with Crippen molar-refractivity contribution in [3.8, 4) is 0 Å². The molecule has 0 aliphatic heterocycles. The first-order valence-electron chi connectivity index (χ1n) is 4.46. The van der Waals surface area contributed by atoms with E-state index in [1.54, 1.807) is 0 Å². The summed E-state index contributed by atoms with van der Waals surface area (Å²) in [7, 11) is 0. The second-order valence-electron chi connectivity index (χ2n) is 3.45. The quantitative estimate of drug-likeness (QED) is 0.855. The molecule has 0 bridgehead atoms. The fourth-order valence-corrected chi connectivity index (χ4v) is 2.54. The van der Waals surface area contributed by atoms with Crippen LogP contribution >= 0.6 is 23.1 Å². The van der Waals surface area contributed by atoms with Crippen LogP contribution in [-0.4, -0.2) is 10.4 Å². The molecule has 14 heavy (non-hydrogen) atoms. The SMILES string of the molecule is CC(N)Cc1snc2ccc(Cl)cc12. The summed E-state index contributed by atoms with van der Waals surface area (Å²) in [6.45, 7) is 2.00. The smallest absolute Gasteiger partial charge is 0.0844 e. The number of hydrogen-bond donors (Lipinski definition) is 1. The number of hydrogen-bond acceptors (Lipinski definition) is 3. The first-order chi connectivity index (χ1) is 6.66. The van der Waals surface area contributed by atoms with Gasteiger partial charge in [-0.2, -0.15) is 4.37 Å². The molecule has 0 radical (unpaired) electrons. The van der Waals surface area contributed by atoms with Crippen LogP contribution in [0, 0.1) is 0 Å². The van der Waals surface area contributed by atoms with Crippen molar-refractivity contribution in [1.29, 1.82) is 0 Å². The van der Waals surface area contributed by atoms with Crippen molar-refractivity contribution in [1.82, 2.24) is 4.37 Å². The summed E-state index contributed by atoms with van der Waals surface area (Å²) in [5.74, 6) is 0. The summed E-state index contributed by atoms with van der Waals surface area (Å²) < 4.78 is 4.34. The van der Waals surface area contributed by atoms with E-state index in [9.17, 15) is 0 Å². The molecule has 0 spiro atoms. The number of aromatic nitrogens is 1. The third-order valence-electron chi connectivity index (χ3n) is 2.02. The van der Waals surface area contributed by atoms with Gasteiger partial charge in [0.05, 0.1) is 5.52 Å². The molecule has 2 aromatic rings. The highest BCUT2D eigenvalue weighted by atomic mass is 35.5. The van der Waals surface area contributed by atoms with Crippen LogP contribution in [0.25, 0.3) is 10.9 Å². The van der Waals surface area contributed by atoms with E-state index in [0.717, 1.165) is 22.3 Å². The molecule has 2 nitrogen and oxygen atoms in total. The average Bonchev–Trinajstić information content (AvgIpc) is 2.47. The highest BCUT2D eigenvalue weighted by Crippen LogP contribution is 2.26. The first-order valence-corrected chi connectivity index (χ1v) is 5.61. The molecule has 1 unspecified atom stereocenters. The third-order valence-corrected chi connectivity index (χ3v) is 3.15. The van der Waals surface area contributed by atoms with E-state index >= 15 is 0 Å². The van der Waals surface area contributed by atoms with Gasteiger partial charge in [-0.3, -0.25) is 0 Å². The molecule has 2 N–H and O–H groups in total. The van der Waals surface area contributed by atoms with Gasteiger partial charge in [-0.1, -0.05) is 11.6 Å². The predicted octanol–water partition coefficient (Wildman–Crippen LogP) is 2.84. The summed E-state index contributed by atoms with van der Waals surface area (Å²) in [4.78, 5) is 1.22. The Morgan fingerprint density at radius 1 is 1.57 bits per heavy atom. The van der Waals surface area contributed by atoms with Crippen molar-refractivity contribution in [2.75, 3.05) is 0 Å². The monoisotopic (exact) mass is 226 g/mol. The molecular formula is C10H11ClN2S. The molecule has 0 aliphatic rings. The molecule has 74 valence electrons. The second-order valence-corrected chi connectivity index (χ2v) is 4.74. The van der Waals surface area contributed by atoms with Crippen LogP contribution in [0.5, 0.6) is 0 Å². The van der Waals surface area contributed by atoms with Crippen LogP contribution < -0.4 is 5.73 Å². The maximum Gasteiger partial charge on any atom is 0.0844 e. The Kier molecular flexibility index (Phi) is 2.72. The van der Waals surface area contributed by atoms with Crippen LogP contribution in [0.3, 0.4) is 0 Å². The number of halogens is 1. The Bertz CT molecular complexity index is 450. The molecule has 0 saturated carbocycles. The van der Waals surface area contributed by atoms with E-state index in [2.05, 4.69) is 4.37 Å². The van der Waals surface area contributed by atoms with Crippen LogP contribution in [0.15, 0.2) is 18.2 Å². The Morgan fingerprint density at radius 2 is 2.36 bits per heavy atom. The van der Waals surface area contributed by atoms with Gasteiger partial charge in [0.15, 0.2) is 0 Å². The lowest BCUT2D eigenvalue weighted by Crippen LogP contribution is -2.17. The lowest BCUT2D eigenvalue weighted by molar-refractivity contribution is 0.749. The fraction of sp³-hybridized carbons (Fsp3) is 0.300. The Balaban J connectivity index is 2.50. The largest absolute Gasteiger partial charge is 0.328 e. The van der Waals surface area contributed by atoms with Gasteiger partial charge in [0, 0.05) is 21.3 Å².